The van der Waals surface area contributed by atoms with Crippen molar-refractivity contribution < 1.29 is 135 Å². The number of hydrogen-bond acceptors (Lipinski definition) is 13. The number of nitrogens with zero attached hydrogens (tertiary/aromatic N) is 1. The summed E-state index contributed by atoms with van der Waals surface area (Å²) in [6.07, 6.45) is 10.6. The summed E-state index contributed by atoms with van der Waals surface area (Å²) in [5.74, 6) is 4.64. The molecule has 0 bridgehead atoms. The van der Waals surface area contributed by atoms with E-state index in [1.165, 1.54) is 21.3 Å². The Morgan fingerprint density at radius 3 is 1.54 bits per heavy atom. The molecule has 0 aromatic heterocycles. The van der Waals surface area contributed by atoms with Gasteiger partial charge in [-0.15, -0.1) is 12.8 Å². The van der Waals surface area contributed by atoms with E-state index in [1.54, 1.807) is 60.8 Å². The maximum absolute atomic E-state index is 13.7. The molecule has 0 aliphatic carbocycles. The SMILES string of the molecule is C#CCBr.C#CCN([C@@H](Cc1ccccc1)C(=O)OC)S(=O)(=O)c1c(C)cc(OC)c(C)c1C.COC(=O)[C@H](Cc1ccccc1)NS(=O)(=O)c1c(C)cc(OC)c(C)c1C.O=CO[O-].[2H]CF.[Cs+].[Cs]. The van der Waals surface area contributed by atoms with Crippen LogP contribution >= 0.6 is 15.9 Å². The normalized spacial score (nSPS) is 11.1. The fourth-order valence-electron chi connectivity index (χ4n) is 6.53. The number of hydrogen-bond donors (Lipinski definition) is 1. The topological polar surface area (TPSA) is 204 Å². The molecule has 15 nitrogen and oxygen atoms in total. The summed E-state index contributed by atoms with van der Waals surface area (Å²) in [6.45, 7) is 9.99. The van der Waals surface area contributed by atoms with E-state index in [9.17, 15) is 30.8 Å². The van der Waals surface area contributed by atoms with E-state index in [-0.39, 0.29) is 173 Å². The number of benzene rings is 4. The van der Waals surface area contributed by atoms with Gasteiger partial charge in [-0.2, -0.15) is 9.03 Å². The number of halogens is 2. The van der Waals surface area contributed by atoms with Crippen molar-refractivity contribution in [1.29, 1.82) is 0 Å². The van der Waals surface area contributed by atoms with Crippen LogP contribution in [0.25, 0.3) is 0 Å². The Morgan fingerprint density at radius 2 is 1.17 bits per heavy atom. The zero-order valence-corrected chi connectivity index (χ0v) is 57.0. The number of carbonyl (C=O) groups is 3. The third-order valence-corrected chi connectivity index (χ3v) is 14.0. The molecule has 0 aliphatic heterocycles. The Bertz CT molecular complexity index is 2550. The quantitative estimate of drug-likeness (QED) is 0.0428. The van der Waals surface area contributed by atoms with E-state index >= 15 is 0 Å². The van der Waals surface area contributed by atoms with Crippen molar-refractivity contribution >= 4 is 123 Å². The molecule has 1 N–H and O–H groups in total. The van der Waals surface area contributed by atoms with Crippen LogP contribution in [-0.2, 0) is 61.6 Å². The molecule has 4 aromatic carbocycles. The van der Waals surface area contributed by atoms with Crippen LogP contribution in [0.5, 0.6) is 11.5 Å². The molecule has 0 aliphatic rings. The Morgan fingerprint density at radius 1 is 0.783 bits per heavy atom. The Labute approximate surface area is 535 Å². The van der Waals surface area contributed by atoms with Crippen molar-refractivity contribution in [3.63, 3.8) is 0 Å². The monoisotopic (exact) mass is 1300 g/mol. The molecule has 21 heteroatoms. The summed E-state index contributed by atoms with van der Waals surface area (Å²) in [7, 11) is -3.51. The van der Waals surface area contributed by atoms with Gasteiger partial charge in [-0.25, -0.2) is 16.8 Å². The summed E-state index contributed by atoms with van der Waals surface area (Å²) in [5.41, 5.74) is 5.27. The smallest absolute Gasteiger partial charge is 0.662 e. The molecule has 0 unspecified atom stereocenters. The summed E-state index contributed by atoms with van der Waals surface area (Å²) < 4.78 is 93.1. The van der Waals surface area contributed by atoms with Crippen LogP contribution in [0.2, 0.25) is 0 Å². The summed E-state index contributed by atoms with van der Waals surface area (Å²) >= 11 is 3.01. The Hall–Kier alpha value is -1.70. The molecule has 0 saturated heterocycles. The molecule has 0 saturated carbocycles. The number of methoxy groups -OCH3 is 4. The molecule has 0 fully saturated rings. The van der Waals surface area contributed by atoms with Gasteiger partial charge in [-0.3, -0.25) is 18.8 Å². The average Bonchev–Trinajstić information content (AvgIpc) is 3.32. The predicted molar refractivity (Wildman–Crippen MR) is 262 cm³/mol. The number of ether oxygens (including phenoxy) is 4. The zero-order chi connectivity index (χ0) is 52.2. The van der Waals surface area contributed by atoms with Crippen LogP contribution in [0.4, 0.5) is 4.39 Å². The van der Waals surface area contributed by atoms with Crippen LogP contribution in [0.3, 0.4) is 0 Å². The van der Waals surface area contributed by atoms with Gasteiger partial charge in [0, 0.05) is 68.9 Å². The van der Waals surface area contributed by atoms with Crippen molar-refractivity contribution in [3.05, 3.63) is 117 Å². The van der Waals surface area contributed by atoms with E-state index in [4.69, 9.17) is 43.2 Å². The van der Waals surface area contributed by atoms with Gasteiger partial charge < -0.3 is 29.1 Å². The number of rotatable bonds is 16. The van der Waals surface area contributed by atoms with E-state index in [2.05, 4.69) is 37.4 Å². The first-order valence-corrected chi connectivity index (χ1v) is 23.8. The molecule has 0 amide bonds. The number of alkyl halides is 2. The van der Waals surface area contributed by atoms with Crippen LogP contribution < -0.4 is 88.3 Å². The summed E-state index contributed by atoms with van der Waals surface area (Å²) in [4.78, 5) is 36.4. The number of aryl methyl sites for hydroxylation is 2. The molecule has 0 heterocycles. The predicted octanol–water partition coefficient (Wildman–Crippen LogP) is 2.37. The van der Waals surface area contributed by atoms with Gasteiger partial charge in [0.1, 0.15) is 23.6 Å². The van der Waals surface area contributed by atoms with Crippen molar-refractivity contribution in [3.8, 4) is 36.2 Å². The second kappa shape index (κ2) is 38.0. The largest absolute Gasteiger partial charge is 1.00 e. The maximum Gasteiger partial charge on any atom is 1.00 e. The van der Waals surface area contributed by atoms with E-state index < -0.39 is 51.2 Å². The first-order chi connectivity index (χ1) is 32.1. The minimum absolute atomic E-state index is 0. The maximum atomic E-state index is 13.7. The fraction of sp³-hybridized carbons (Fsp3) is 0.354. The second-order valence-corrected chi connectivity index (χ2v) is 17.9. The summed E-state index contributed by atoms with van der Waals surface area (Å²) in [5, 5.41) is 9.09. The minimum Gasteiger partial charge on any atom is -0.662 e. The third-order valence-electron chi connectivity index (χ3n) is 9.75. The average molecular weight is 1300 g/mol. The first kappa shape index (κ1) is 69.4. The van der Waals surface area contributed by atoms with Gasteiger partial charge >= 0.3 is 80.8 Å². The number of terminal acetylenes is 2. The molecular weight excluding hydrogens is 1240 g/mol. The zero-order valence-electron chi connectivity index (χ0n) is 42.2. The van der Waals surface area contributed by atoms with Crippen LogP contribution in [0.15, 0.2) is 82.6 Å². The van der Waals surface area contributed by atoms with Crippen molar-refractivity contribution in [1.82, 2.24) is 9.03 Å². The standard InChI is InChI=1S/C23H27NO5S.C20H25NO5S.C3H3Br.CH3F.CH2O3.2Cs/c1-7-13-24(20(23(25)29-6)15-19-11-9-8-10-12-19)30(26,27)22-16(2)14-21(28-5)17(3)18(22)4;1-13-11-18(25-4)14(2)15(3)19(13)27(23,24)21-17(20(22)26-5)12-16-9-7-6-8-10-16;1-2-3-4;1-2;2-1-4-3;;/h1,8-12,14,20H,13,15H2,2-6H3;6-11,17,21H,12H2,1-5H3;1H,3H2;1H3;1,3H;;/q;;;;;;+1/p-1/t20-;17-;;;;;/m00...../s1/i;;;1D;;;. The van der Waals surface area contributed by atoms with Gasteiger partial charge in [0.2, 0.25) is 20.0 Å². The van der Waals surface area contributed by atoms with E-state index in [1.807, 2.05) is 60.7 Å². The minimum atomic E-state index is -4.11. The van der Waals surface area contributed by atoms with Crippen molar-refractivity contribution in [2.24, 2.45) is 0 Å². The molecule has 4 aromatic rings. The third kappa shape index (κ3) is 22.5. The molecule has 0 spiro atoms. The molecule has 2 atom stereocenters. The van der Waals surface area contributed by atoms with E-state index in [0.29, 0.717) is 44.6 Å². The van der Waals surface area contributed by atoms with Gasteiger partial charge in [-0.05, 0) is 111 Å². The molecule has 367 valence electrons. The number of esters is 2. The number of nitrogens with one attached hydrogen (secondary N) is 1. The second-order valence-electron chi connectivity index (χ2n) is 13.8. The molecule has 4 rings (SSSR count). The van der Waals surface area contributed by atoms with Crippen LogP contribution in [0, 0.1) is 66.2 Å². The van der Waals surface area contributed by atoms with Gasteiger partial charge in [0.15, 0.2) is 0 Å². The molecular formula is C48H59BrCs2FN2O13S2. The fourth-order valence-corrected chi connectivity index (χ4v) is 10.2. The van der Waals surface area contributed by atoms with Crippen molar-refractivity contribution in [2.45, 2.75) is 76.3 Å². The van der Waals surface area contributed by atoms with Gasteiger partial charge in [0.05, 0.1) is 58.6 Å². The Kier molecular flexibility index (Phi) is 38.2. The summed E-state index contributed by atoms with van der Waals surface area (Å²) in [6, 6.07) is 19.6. The first-order valence-electron chi connectivity index (χ1n) is 20.4. The van der Waals surface area contributed by atoms with Gasteiger partial charge in [0.25, 0.3) is 6.47 Å². The van der Waals surface area contributed by atoms with Crippen LogP contribution in [0.1, 0.15) is 45.9 Å². The molecule has 1 radical (unpaired) electrons. The number of carbonyl (C=O) groups excluding carboxylic acids is 3. The Balaban J connectivity index is -0.00000104. The number of sulfonamides is 2. The van der Waals surface area contributed by atoms with Crippen LogP contribution in [-0.4, -0.2) is 168 Å². The molecule has 69 heavy (non-hydrogen) atoms. The van der Waals surface area contributed by atoms with Gasteiger partial charge in [-0.1, -0.05) is 88.4 Å². The van der Waals surface area contributed by atoms with Crippen molar-refractivity contribution in [2.75, 3.05) is 47.5 Å². The van der Waals surface area contributed by atoms with E-state index in [0.717, 1.165) is 21.0 Å².